The molecule has 18 heavy (non-hydrogen) atoms. The Kier molecular flexibility index (Phi) is 3.28. The zero-order chi connectivity index (χ0) is 12.9. The van der Waals surface area contributed by atoms with Gasteiger partial charge in [-0.1, -0.05) is 34.5 Å². The number of hydrogen-bond donors (Lipinski definition) is 0. The number of carbonyl (C=O) groups excluding carboxylic acids is 1. The monoisotopic (exact) mass is 304 g/mol. The molecule has 1 aromatic rings. The topological polar surface area (TPSA) is 33.2 Å². The minimum absolute atomic E-state index is 0.0509. The van der Waals surface area contributed by atoms with Crippen LogP contribution in [-0.4, -0.2) is 27.9 Å². The third-order valence-electron chi connectivity index (χ3n) is 3.68. The number of halogens is 2. The van der Waals surface area contributed by atoms with Gasteiger partial charge in [0, 0.05) is 12.1 Å². The fraction of sp³-hybridized carbons (Fsp3) is 0.667. The molecular weight excluding hydrogens is 291 g/mol. The fourth-order valence-electron chi connectivity index (χ4n) is 2.37. The third-order valence-corrected chi connectivity index (χ3v) is 5.04. The van der Waals surface area contributed by atoms with Gasteiger partial charge in [0.25, 0.3) is 5.91 Å². The van der Waals surface area contributed by atoms with Crippen molar-refractivity contribution in [3.63, 3.8) is 0 Å². The average Bonchev–Trinajstić information content (AvgIpc) is 3.18. The maximum Gasteiger partial charge on any atom is 0.275 e. The Morgan fingerprint density at radius 3 is 2.50 bits per heavy atom. The maximum atomic E-state index is 12.6. The van der Waals surface area contributed by atoms with Crippen molar-refractivity contribution in [2.75, 3.05) is 0 Å². The quantitative estimate of drug-likeness (QED) is 0.846. The van der Waals surface area contributed by atoms with Crippen LogP contribution in [0.5, 0.6) is 0 Å². The molecule has 0 aromatic carbocycles. The Morgan fingerprint density at radius 1 is 1.39 bits per heavy atom. The first-order chi connectivity index (χ1) is 8.58. The lowest BCUT2D eigenvalue weighted by Crippen LogP contribution is -2.41. The van der Waals surface area contributed by atoms with Gasteiger partial charge in [0.15, 0.2) is 10.2 Å². The molecule has 0 bridgehead atoms. The summed E-state index contributed by atoms with van der Waals surface area (Å²) in [6, 6.07) is 0.672. The minimum atomic E-state index is -0.0509. The van der Waals surface area contributed by atoms with Crippen molar-refractivity contribution in [1.82, 2.24) is 9.88 Å². The molecule has 2 aliphatic carbocycles. The van der Waals surface area contributed by atoms with Crippen molar-refractivity contribution >= 4 is 40.4 Å². The summed E-state index contributed by atoms with van der Waals surface area (Å²) in [4.78, 5) is 18.6. The van der Waals surface area contributed by atoms with E-state index in [4.69, 9.17) is 23.2 Å². The zero-order valence-corrected chi connectivity index (χ0v) is 12.4. The Morgan fingerprint density at radius 2 is 2.06 bits per heavy atom. The molecule has 1 aromatic heterocycles. The molecule has 1 unspecified atom stereocenters. The number of carbonyl (C=O) groups is 1. The molecule has 98 valence electrons. The third kappa shape index (κ3) is 2.38. The number of rotatable bonds is 4. The molecule has 1 heterocycles. The molecule has 0 N–H and O–H groups in total. The second kappa shape index (κ2) is 4.66. The molecule has 2 saturated carbocycles. The van der Waals surface area contributed by atoms with E-state index in [9.17, 15) is 4.79 Å². The molecule has 2 aliphatic rings. The van der Waals surface area contributed by atoms with E-state index in [1.54, 1.807) is 0 Å². The average molecular weight is 305 g/mol. The van der Waals surface area contributed by atoms with Gasteiger partial charge in [-0.3, -0.25) is 4.79 Å². The summed E-state index contributed by atoms with van der Waals surface area (Å²) in [7, 11) is 0. The van der Waals surface area contributed by atoms with Crippen molar-refractivity contribution in [3.8, 4) is 0 Å². The van der Waals surface area contributed by atoms with Crippen LogP contribution in [0.1, 0.15) is 43.1 Å². The number of thiazole rings is 1. The van der Waals surface area contributed by atoms with Crippen LogP contribution in [0.3, 0.4) is 0 Å². The van der Waals surface area contributed by atoms with Crippen LogP contribution in [0, 0.1) is 5.92 Å². The highest BCUT2D eigenvalue weighted by Gasteiger charge is 2.42. The highest BCUT2D eigenvalue weighted by atomic mass is 35.5. The van der Waals surface area contributed by atoms with E-state index in [0.717, 1.165) is 24.2 Å². The highest BCUT2D eigenvalue weighted by molar-refractivity contribution is 7.19. The number of hydrogen-bond acceptors (Lipinski definition) is 3. The van der Waals surface area contributed by atoms with Gasteiger partial charge in [-0.05, 0) is 38.5 Å². The van der Waals surface area contributed by atoms with Crippen LogP contribution in [0.15, 0.2) is 0 Å². The van der Waals surface area contributed by atoms with Crippen molar-refractivity contribution in [2.24, 2.45) is 5.92 Å². The lowest BCUT2D eigenvalue weighted by molar-refractivity contribution is 0.0649. The standard InChI is InChI=1S/C12H14Cl2N2OS/c1-6(7-2-3-7)16(8-4-5-8)11(17)9-10(13)18-12(14)15-9/h6-8H,2-5H2,1H3. The molecule has 1 amide bonds. The summed E-state index contributed by atoms with van der Waals surface area (Å²) in [6.45, 7) is 2.13. The predicted molar refractivity (Wildman–Crippen MR) is 73.5 cm³/mol. The van der Waals surface area contributed by atoms with Gasteiger partial charge >= 0.3 is 0 Å². The van der Waals surface area contributed by atoms with E-state index in [2.05, 4.69) is 11.9 Å². The van der Waals surface area contributed by atoms with Crippen LogP contribution < -0.4 is 0 Å². The zero-order valence-electron chi connectivity index (χ0n) is 10.0. The largest absolute Gasteiger partial charge is 0.331 e. The van der Waals surface area contributed by atoms with E-state index >= 15 is 0 Å². The van der Waals surface area contributed by atoms with Crippen molar-refractivity contribution in [2.45, 2.75) is 44.7 Å². The normalized spacial score (nSPS) is 20.8. The second-order valence-electron chi connectivity index (χ2n) is 5.11. The van der Waals surface area contributed by atoms with Crippen LogP contribution in [0.25, 0.3) is 0 Å². The molecule has 1 atom stereocenters. The van der Waals surface area contributed by atoms with Crippen molar-refractivity contribution in [1.29, 1.82) is 0 Å². The fourth-order valence-corrected chi connectivity index (χ4v) is 3.66. The molecule has 2 fully saturated rings. The Bertz CT molecular complexity index is 482. The Labute approximate surface area is 120 Å². The summed E-state index contributed by atoms with van der Waals surface area (Å²) in [5, 5.41) is 0. The van der Waals surface area contributed by atoms with Crippen LogP contribution in [0.4, 0.5) is 0 Å². The van der Waals surface area contributed by atoms with Gasteiger partial charge in [0.1, 0.15) is 4.34 Å². The SMILES string of the molecule is CC(C1CC1)N(C(=O)c1nc(Cl)sc1Cl)C1CC1. The van der Waals surface area contributed by atoms with E-state index < -0.39 is 0 Å². The molecule has 6 heteroatoms. The lowest BCUT2D eigenvalue weighted by Gasteiger charge is -2.29. The van der Waals surface area contributed by atoms with Gasteiger partial charge < -0.3 is 4.90 Å². The molecule has 0 radical (unpaired) electrons. The Hall–Kier alpha value is -0.320. The molecule has 0 saturated heterocycles. The lowest BCUT2D eigenvalue weighted by atomic mass is 10.1. The first kappa shape index (κ1) is 12.7. The van der Waals surface area contributed by atoms with Gasteiger partial charge in [0.2, 0.25) is 0 Å². The first-order valence-corrected chi connectivity index (χ1v) is 7.79. The summed E-state index contributed by atoms with van der Waals surface area (Å²) in [5.74, 6) is 0.604. The number of nitrogens with zero attached hydrogens (tertiary/aromatic N) is 2. The summed E-state index contributed by atoms with van der Waals surface area (Å²) in [6.07, 6.45) is 4.64. The van der Waals surface area contributed by atoms with E-state index in [0.29, 0.717) is 32.5 Å². The predicted octanol–water partition coefficient (Wildman–Crippen LogP) is 3.85. The summed E-state index contributed by atoms with van der Waals surface area (Å²) >= 11 is 13.0. The van der Waals surface area contributed by atoms with E-state index in [1.807, 2.05) is 4.90 Å². The molecular formula is C12H14Cl2N2OS. The van der Waals surface area contributed by atoms with Gasteiger partial charge in [-0.2, -0.15) is 0 Å². The van der Waals surface area contributed by atoms with Gasteiger partial charge in [-0.25, -0.2) is 4.98 Å². The van der Waals surface area contributed by atoms with E-state index in [-0.39, 0.29) is 5.91 Å². The maximum absolute atomic E-state index is 12.6. The molecule has 0 spiro atoms. The van der Waals surface area contributed by atoms with Crippen LogP contribution >= 0.6 is 34.5 Å². The minimum Gasteiger partial charge on any atom is -0.331 e. The smallest absolute Gasteiger partial charge is 0.275 e. The van der Waals surface area contributed by atoms with E-state index in [1.165, 1.54) is 12.8 Å². The van der Waals surface area contributed by atoms with Gasteiger partial charge in [-0.15, -0.1) is 0 Å². The summed E-state index contributed by atoms with van der Waals surface area (Å²) in [5.41, 5.74) is 0.325. The van der Waals surface area contributed by atoms with Crippen molar-refractivity contribution in [3.05, 3.63) is 14.5 Å². The number of aromatic nitrogens is 1. The highest BCUT2D eigenvalue weighted by Crippen LogP contribution is 2.41. The van der Waals surface area contributed by atoms with Crippen LogP contribution in [-0.2, 0) is 0 Å². The molecule has 3 rings (SSSR count). The van der Waals surface area contributed by atoms with Crippen molar-refractivity contribution < 1.29 is 4.79 Å². The molecule has 3 nitrogen and oxygen atoms in total. The second-order valence-corrected chi connectivity index (χ2v) is 7.29. The van der Waals surface area contributed by atoms with Crippen LogP contribution in [0.2, 0.25) is 8.80 Å². The Balaban J connectivity index is 1.85. The van der Waals surface area contributed by atoms with Gasteiger partial charge in [0.05, 0.1) is 0 Å². The molecule has 0 aliphatic heterocycles. The number of amides is 1. The summed E-state index contributed by atoms with van der Waals surface area (Å²) < 4.78 is 0.733. The first-order valence-electron chi connectivity index (χ1n) is 6.22.